The van der Waals surface area contributed by atoms with Gasteiger partial charge in [-0.15, -0.1) is 0 Å². The van der Waals surface area contributed by atoms with Crippen molar-refractivity contribution in [3.8, 4) is 0 Å². The van der Waals surface area contributed by atoms with Gasteiger partial charge in [-0.25, -0.2) is 0 Å². The third-order valence-corrected chi connectivity index (χ3v) is 1.60. The maximum absolute atomic E-state index is 4.99. The fraction of sp³-hybridized carbons (Fsp3) is 0.750. The van der Waals surface area contributed by atoms with Gasteiger partial charge in [-0.3, -0.25) is 0 Å². The van der Waals surface area contributed by atoms with E-state index in [4.69, 9.17) is 5.53 Å². The largest absolute Gasteiger partial charge is 0.312 e. The second-order valence-electron chi connectivity index (χ2n) is 2.45. The number of hydrogen-bond acceptors (Lipinski definition) is 3. The quantitative estimate of drug-likeness (QED) is 0.214. The Morgan fingerprint density at radius 1 is 1.42 bits per heavy atom. The molecule has 0 aliphatic rings. The number of hydrogen-bond donors (Lipinski definition) is 3. The zero-order valence-electron chi connectivity index (χ0n) is 7.37. The highest BCUT2D eigenvalue weighted by Crippen LogP contribution is 1.89. The Morgan fingerprint density at radius 2 is 2.25 bits per heavy atom. The molecule has 0 amide bonds. The number of nitrogens with one attached hydrogen (secondary N) is 1. The van der Waals surface area contributed by atoms with Crippen LogP contribution in [-0.2, 0) is 0 Å². The summed E-state index contributed by atoms with van der Waals surface area (Å²) < 4.78 is 0. The molecule has 0 heterocycles. The van der Waals surface area contributed by atoms with Gasteiger partial charge in [0.05, 0.1) is 0 Å². The van der Waals surface area contributed by atoms with E-state index in [0.29, 0.717) is 0 Å². The van der Waals surface area contributed by atoms with Gasteiger partial charge in [-0.1, -0.05) is 12.2 Å². The minimum atomic E-state index is 0.758. The van der Waals surface area contributed by atoms with E-state index in [2.05, 4.69) is 35.2 Å². The van der Waals surface area contributed by atoms with Crippen molar-refractivity contribution in [2.24, 2.45) is 5.11 Å². The van der Waals surface area contributed by atoms with Crippen LogP contribution in [0.3, 0.4) is 0 Å². The molecule has 0 aromatic heterocycles. The summed E-state index contributed by atoms with van der Waals surface area (Å²) in [6.07, 6.45) is 6.37. The van der Waals surface area contributed by atoms with Crippen LogP contribution in [0.5, 0.6) is 0 Å². The Bertz CT molecular complexity index is 125. The Labute approximate surface area is 79.5 Å². The molecule has 3 N–H and O–H groups in total. The molecule has 0 unspecified atom stereocenters. The van der Waals surface area contributed by atoms with E-state index in [1.54, 1.807) is 0 Å². The van der Waals surface area contributed by atoms with E-state index in [0.717, 1.165) is 38.2 Å². The topological polar surface area (TPSA) is 50.0 Å². The van der Waals surface area contributed by atoms with Crippen molar-refractivity contribution in [1.82, 2.24) is 5.32 Å². The smallest absolute Gasteiger partial charge is 0.102 e. The fourth-order valence-electron chi connectivity index (χ4n) is 0.766. The maximum atomic E-state index is 4.99. The molecule has 0 aromatic rings. The first-order valence-electron chi connectivity index (χ1n) is 4.25. The van der Waals surface area contributed by atoms with Crippen molar-refractivity contribution in [3.05, 3.63) is 12.2 Å². The van der Waals surface area contributed by atoms with Crippen LogP contribution in [0.4, 0.5) is 0 Å². The second-order valence-corrected chi connectivity index (χ2v) is 2.89. The van der Waals surface area contributed by atoms with Gasteiger partial charge in [0.15, 0.2) is 0 Å². The van der Waals surface area contributed by atoms with Crippen LogP contribution >= 0.6 is 12.6 Å². The van der Waals surface area contributed by atoms with Crippen LogP contribution < -0.4 is 10.8 Å². The Balaban J connectivity index is 2.98. The Morgan fingerprint density at radius 3 is 2.92 bits per heavy atom. The summed E-state index contributed by atoms with van der Waals surface area (Å²) in [6.45, 7) is 2.65. The lowest BCUT2D eigenvalue weighted by Gasteiger charge is -1.95. The Hall–Kier alpha value is -0.350. The highest BCUT2D eigenvalue weighted by Gasteiger charge is 1.82. The summed E-state index contributed by atoms with van der Waals surface area (Å²) in [5.41, 5.74) is 4.99. The van der Waals surface area contributed by atoms with Gasteiger partial charge >= 0.3 is 0 Å². The summed E-state index contributed by atoms with van der Waals surface area (Å²) in [4.78, 5) is 0. The predicted molar refractivity (Wildman–Crippen MR) is 54.3 cm³/mol. The molecule has 0 radical (unpaired) electrons. The van der Waals surface area contributed by atoms with Gasteiger partial charge in [0, 0.05) is 18.8 Å². The van der Waals surface area contributed by atoms with Gasteiger partial charge in [-0.2, -0.15) is 18.2 Å². The number of rotatable bonds is 8. The van der Waals surface area contributed by atoms with E-state index < -0.39 is 0 Å². The molecule has 3 nitrogen and oxygen atoms in total. The van der Waals surface area contributed by atoms with Crippen LogP contribution in [0.25, 0.3) is 0 Å². The molecule has 0 spiro atoms. The fourth-order valence-corrected chi connectivity index (χ4v) is 0.924. The number of nitrogens with two attached hydrogens (primary N) is 1. The summed E-state index contributed by atoms with van der Waals surface area (Å²) in [5.74, 6) is 0.889. The van der Waals surface area contributed by atoms with Crippen LogP contribution in [0.1, 0.15) is 12.8 Å². The molecule has 0 fully saturated rings. The number of allylic oxidation sites excluding steroid dienone is 1. The lowest BCUT2D eigenvalue weighted by molar-refractivity contribution is -0.221. The molecule has 0 atom stereocenters. The van der Waals surface area contributed by atoms with E-state index >= 15 is 0 Å². The maximum Gasteiger partial charge on any atom is 0.102 e. The van der Waals surface area contributed by atoms with Crippen molar-refractivity contribution in [2.75, 3.05) is 25.4 Å². The van der Waals surface area contributed by atoms with Crippen LogP contribution in [0, 0.1) is 0 Å². The van der Waals surface area contributed by atoms with Crippen molar-refractivity contribution >= 4 is 12.6 Å². The SMILES string of the molecule is [NH2+]=NCCC/C=C/CNCCS. The number of thiol groups is 1. The molecule has 0 aliphatic carbocycles. The molecular weight excluding hydrogens is 170 g/mol. The zero-order valence-corrected chi connectivity index (χ0v) is 8.26. The molecule has 0 aromatic carbocycles. The highest BCUT2D eigenvalue weighted by molar-refractivity contribution is 7.80. The summed E-state index contributed by atoms with van der Waals surface area (Å²) in [6, 6.07) is 0. The molecule has 4 heteroatoms. The first-order valence-corrected chi connectivity index (χ1v) is 4.88. The predicted octanol–water partition coefficient (Wildman–Crippen LogP) is 0.0535. The van der Waals surface area contributed by atoms with Crippen molar-refractivity contribution in [3.63, 3.8) is 0 Å². The van der Waals surface area contributed by atoms with E-state index in [1.807, 2.05) is 0 Å². The van der Waals surface area contributed by atoms with Gasteiger partial charge in [0.25, 0.3) is 0 Å². The molecular formula is C8H18N3S+. The minimum Gasteiger partial charge on any atom is -0.312 e. The van der Waals surface area contributed by atoms with Crippen molar-refractivity contribution in [2.45, 2.75) is 12.8 Å². The van der Waals surface area contributed by atoms with Gasteiger partial charge in [-0.05, 0) is 18.0 Å². The number of unbranched alkanes of at least 4 members (excludes halogenated alkanes) is 1. The molecule has 12 heavy (non-hydrogen) atoms. The minimum absolute atomic E-state index is 0.758. The first kappa shape index (κ1) is 11.6. The monoisotopic (exact) mass is 188 g/mol. The average molecular weight is 188 g/mol. The third kappa shape index (κ3) is 9.65. The molecule has 0 aliphatic heterocycles. The summed E-state index contributed by atoms with van der Waals surface area (Å²) >= 11 is 4.08. The van der Waals surface area contributed by atoms with Gasteiger partial charge in [0.1, 0.15) is 6.54 Å². The van der Waals surface area contributed by atoms with E-state index in [1.165, 1.54) is 0 Å². The average Bonchev–Trinajstić information content (AvgIpc) is 2.10. The zero-order chi connectivity index (χ0) is 9.07. The van der Waals surface area contributed by atoms with Crippen LogP contribution in [0.15, 0.2) is 17.3 Å². The van der Waals surface area contributed by atoms with Crippen molar-refractivity contribution < 1.29 is 5.53 Å². The number of nitrogens with zero attached hydrogens (tertiary/aromatic N) is 1. The second kappa shape index (κ2) is 10.7. The molecule has 0 rings (SSSR count). The standard InChI is InChI=1S/C8H17N3S/c9-11-6-4-2-1-3-5-10-7-8-12/h1,3,9-10,12H,2,4-8H2/p+1/b3-1+,11-9?. The van der Waals surface area contributed by atoms with E-state index in [9.17, 15) is 0 Å². The molecule has 0 saturated carbocycles. The normalized spacial score (nSPS) is 10.8. The highest BCUT2D eigenvalue weighted by atomic mass is 32.1. The van der Waals surface area contributed by atoms with Gasteiger partial charge in [0.2, 0.25) is 0 Å². The van der Waals surface area contributed by atoms with E-state index in [-0.39, 0.29) is 0 Å². The van der Waals surface area contributed by atoms with Crippen LogP contribution in [-0.4, -0.2) is 25.4 Å². The molecule has 0 bridgehead atoms. The van der Waals surface area contributed by atoms with Gasteiger partial charge < -0.3 is 5.32 Å². The lowest BCUT2D eigenvalue weighted by Crippen LogP contribution is -2.24. The lowest BCUT2D eigenvalue weighted by atomic mass is 10.3. The molecule has 0 saturated heterocycles. The van der Waals surface area contributed by atoms with Crippen molar-refractivity contribution in [1.29, 1.82) is 0 Å². The summed E-state index contributed by atoms with van der Waals surface area (Å²) in [5, 5.41) is 6.74. The summed E-state index contributed by atoms with van der Waals surface area (Å²) in [7, 11) is 0. The first-order chi connectivity index (χ1) is 5.91. The van der Waals surface area contributed by atoms with Crippen LogP contribution in [0.2, 0.25) is 0 Å². The molecule has 70 valence electrons. The Kier molecular flexibility index (Phi) is 10.3. The third-order valence-electron chi connectivity index (χ3n) is 1.38.